The Hall–Kier alpha value is -1.03. The van der Waals surface area contributed by atoms with E-state index in [9.17, 15) is 0 Å². The zero-order chi connectivity index (χ0) is 11.7. The van der Waals surface area contributed by atoms with Crippen molar-refractivity contribution in [2.45, 2.75) is 13.5 Å². The third-order valence-corrected chi connectivity index (χ3v) is 2.96. The summed E-state index contributed by atoms with van der Waals surface area (Å²) in [6, 6.07) is 5.39. The molecular weight excluding hydrogens is 245 g/mol. The van der Waals surface area contributed by atoms with Gasteiger partial charge in [0.25, 0.3) is 0 Å². The molecule has 0 amide bonds. The van der Waals surface area contributed by atoms with E-state index < -0.39 is 0 Å². The fraction of sp³-hybridized carbons (Fsp3) is 0.182. The van der Waals surface area contributed by atoms with Crippen molar-refractivity contribution < 1.29 is 0 Å². The number of H-pyrrole nitrogens is 1. The van der Waals surface area contributed by atoms with Crippen LogP contribution in [0.4, 0.5) is 0 Å². The lowest BCUT2D eigenvalue weighted by molar-refractivity contribution is 0.940. The molecule has 0 unspecified atom stereocenters. The van der Waals surface area contributed by atoms with Crippen molar-refractivity contribution >= 4 is 23.2 Å². The van der Waals surface area contributed by atoms with Crippen molar-refractivity contribution in [3.05, 3.63) is 39.6 Å². The Bertz CT molecular complexity index is 520. The standard InChI is InChI=1S/C11H11Cl2N3/c1-6-11(10(5-14)16-15-6)8-3-2-7(12)4-9(8)13/h2-4H,5,14H2,1H3,(H,15,16). The zero-order valence-electron chi connectivity index (χ0n) is 8.72. The fourth-order valence-electron chi connectivity index (χ4n) is 1.68. The summed E-state index contributed by atoms with van der Waals surface area (Å²) in [6.07, 6.45) is 0. The molecule has 3 N–H and O–H groups in total. The van der Waals surface area contributed by atoms with E-state index in [1.54, 1.807) is 12.1 Å². The minimum atomic E-state index is 0.374. The van der Waals surface area contributed by atoms with E-state index in [0.29, 0.717) is 16.6 Å². The van der Waals surface area contributed by atoms with E-state index in [0.717, 1.165) is 22.5 Å². The Morgan fingerprint density at radius 1 is 1.38 bits per heavy atom. The van der Waals surface area contributed by atoms with Crippen LogP contribution in [0.1, 0.15) is 11.4 Å². The van der Waals surface area contributed by atoms with Crippen LogP contribution in [-0.4, -0.2) is 10.2 Å². The quantitative estimate of drug-likeness (QED) is 0.867. The Balaban J connectivity index is 2.62. The van der Waals surface area contributed by atoms with E-state index in [-0.39, 0.29) is 0 Å². The highest BCUT2D eigenvalue weighted by molar-refractivity contribution is 6.36. The highest BCUT2D eigenvalue weighted by Gasteiger charge is 2.14. The number of halogens is 2. The monoisotopic (exact) mass is 255 g/mol. The van der Waals surface area contributed by atoms with Crippen LogP contribution in [0, 0.1) is 6.92 Å². The largest absolute Gasteiger partial charge is 0.325 e. The van der Waals surface area contributed by atoms with Crippen molar-refractivity contribution in [3.8, 4) is 11.1 Å². The zero-order valence-corrected chi connectivity index (χ0v) is 10.2. The minimum Gasteiger partial charge on any atom is -0.325 e. The lowest BCUT2D eigenvalue weighted by Crippen LogP contribution is -1.98. The molecule has 0 saturated carbocycles. The maximum absolute atomic E-state index is 6.15. The third kappa shape index (κ3) is 1.94. The lowest BCUT2D eigenvalue weighted by atomic mass is 10.0. The lowest BCUT2D eigenvalue weighted by Gasteiger charge is -2.05. The van der Waals surface area contributed by atoms with Gasteiger partial charge in [-0.25, -0.2) is 0 Å². The maximum atomic E-state index is 6.15. The predicted octanol–water partition coefficient (Wildman–Crippen LogP) is 3.15. The van der Waals surface area contributed by atoms with Gasteiger partial charge in [-0.3, -0.25) is 5.10 Å². The van der Waals surface area contributed by atoms with Gasteiger partial charge in [0.1, 0.15) is 0 Å². The second kappa shape index (κ2) is 4.45. The molecule has 0 radical (unpaired) electrons. The van der Waals surface area contributed by atoms with Crippen molar-refractivity contribution in [2.24, 2.45) is 5.73 Å². The SMILES string of the molecule is Cc1[nH]nc(CN)c1-c1ccc(Cl)cc1Cl. The van der Waals surface area contributed by atoms with Crippen LogP contribution in [0.15, 0.2) is 18.2 Å². The van der Waals surface area contributed by atoms with Crippen molar-refractivity contribution in [2.75, 3.05) is 0 Å². The highest BCUT2D eigenvalue weighted by Crippen LogP contribution is 2.33. The maximum Gasteiger partial charge on any atom is 0.0839 e. The van der Waals surface area contributed by atoms with Gasteiger partial charge in [-0.05, 0) is 19.1 Å². The second-order valence-corrected chi connectivity index (χ2v) is 4.34. The summed E-state index contributed by atoms with van der Waals surface area (Å²) in [6.45, 7) is 2.31. The van der Waals surface area contributed by atoms with Crippen LogP contribution < -0.4 is 5.73 Å². The summed E-state index contributed by atoms with van der Waals surface area (Å²) >= 11 is 12.0. The number of aromatic nitrogens is 2. The average Bonchev–Trinajstić information content (AvgIpc) is 2.60. The molecule has 5 heteroatoms. The third-order valence-electron chi connectivity index (χ3n) is 2.42. The van der Waals surface area contributed by atoms with Gasteiger partial charge >= 0.3 is 0 Å². The number of nitrogens with zero attached hydrogens (tertiary/aromatic N) is 1. The van der Waals surface area contributed by atoms with Crippen LogP contribution in [0.2, 0.25) is 10.0 Å². The number of hydrogen-bond donors (Lipinski definition) is 2. The molecule has 1 heterocycles. The van der Waals surface area contributed by atoms with Crippen molar-refractivity contribution in [1.82, 2.24) is 10.2 Å². The van der Waals surface area contributed by atoms with Gasteiger partial charge < -0.3 is 5.73 Å². The van der Waals surface area contributed by atoms with Crippen LogP contribution in [0.5, 0.6) is 0 Å². The molecule has 0 atom stereocenters. The second-order valence-electron chi connectivity index (χ2n) is 3.50. The number of rotatable bonds is 2. The molecule has 1 aromatic carbocycles. The van der Waals surface area contributed by atoms with Crippen molar-refractivity contribution in [1.29, 1.82) is 0 Å². The van der Waals surface area contributed by atoms with Crippen molar-refractivity contribution in [3.63, 3.8) is 0 Å². The van der Waals surface area contributed by atoms with Gasteiger partial charge in [-0.1, -0.05) is 29.3 Å². The molecule has 0 aliphatic heterocycles. The first kappa shape index (κ1) is 11.5. The molecule has 0 spiro atoms. The summed E-state index contributed by atoms with van der Waals surface area (Å²) in [5.74, 6) is 0. The molecule has 0 bridgehead atoms. The Labute approximate surface area is 104 Å². The van der Waals surface area contributed by atoms with Gasteiger partial charge in [-0.2, -0.15) is 5.10 Å². The molecule has 0 aliphatic rings. The fourth-order valence-corrected chi connectivity index (χ4v) is 2.18. The first-order chi connectivity index (χ1) is 7.63. The van der Waals surface area contributed by atoms with Crippen LogP contribution in [0.3, 0.4) is 0 Å². The number of nitrogens with one attached hydrogen (secondary N) is 1. The molecule has 0 saturated heterocycles. The topological polar surface area (TPSA) is 54.7 Å². The van der Waals surface area contributed by atoms with Gasteiger partial charge in [-0.15, -0.1) is 0 Å². The molecule has 0 aliphatic carbocycles. The number of aryl methyl sites for hydroxylation is 1. The normalized spacial score (nSPS) is 10.8. The summed E-state index contributed by atoms with van der Waals surface area (Å²) in [7, 11) is 0. The van der Waals surface area contributed by atoms with Gasteiger partial charge in [0.05, 0.1) is 10.7 Å². The first-order valence-corrected chi connectivity index (χ1v) is 5.58. The summed E-state index contributed by atoms with van der Waals surface area (Å²) < 4.78 is 0. The summed E-state index contributed by atoms with van der Waals surface area (Å²) in [5.41, 5.74) is 9.25. The average molecular weight is 256 g/mol. The smallest absolute Gasteiger partial charge is 0.0839 e. The minimum absolute atomic E-state index is 0.374. The Morgan fingerprint density at radius 3 is 2.75 bits per heavy atom. The van der Waals surface area contributed by atoms with E-state index in [1.165, 1.54) is 0 Å². The van der Waals surface area contributed by atoms with Crippen LogP contribution >= 0.6 is 23.2 Å². The van der Waals surface area contributed by atoms with Gasteiger partial charge in [0.2, 0.25) is 0 Å². The van der Waals surface area contributed by atoms with Gasteiger partial charge in [0, 0.05) is 28.4 Å². The number of benzene rings is 1. The summed E-state index contributed by atoms with van der Waals surface area (Å²) in [5, 5.41) is 8.26. The molecule has 84 valence electrons. The molecule has 0 fully saturated rings. The van der Waals surface area contributed by atoms with Crippen LogP contribution in [-0.2, 0) is 6.54 Å². The van der Waals surface area contributed by atoms with E-state index >= 15 is 0 Å². The number of hydrogen-bond acceptors (Lipinski definition) is 2. The Morgan fingerprint density at radius 2 is 2.12 bits per heavy atom. The Kier molecular flexibility index (Phi) is 3.19. The predicted molar refractivity (Wildman–Crippen MR) is 66.7 cm³/mol. The molecule has 2 rings (SSSR count). The number of nitrogens with two attached hydrogens (primary N) is 1. The van der Waals surface area contributed by atoms with Crippen LogP contribution in [0.25, 0.3) is 11.1 Å². The first-order valence-electron chi connectivity index (χ1n) is 4.83. The molecular formula is C11H11Cl2N3. The molecule has 16 heavy (non-hydrogen) atoms. The molecule has 3 nitrogen and oxygen atoms in total. The molecule has 1 aromatic heterocycles. The summed E-state index contributed by atoms with van der Waals surface area (Å²) in [4.78, 5) is 0. The van der Waals surface area contributed by atoms with E-state index in [4.69, 9.17) is 28.9 Å². The van der Waals surface area contributed by atoms with E-state index in [2.05, 4.69) is 10.2 Å². The number of aromatic amines is 1. The van der Waals surface area contributed by atoms with Gasteiger partial charge in [0.15, 0.2) is 0 Å². The molecule has 2 aromatic rings. The van der Waals surface area contributed by atoms with E-state index in [1.807, 2.05) is 13.0 Å². The highest BCUT2D eigenvalue weighted by atomic mass is 35.5.